The maximum atomic E-state index is 11.6. The van der Waals surface area contributed by atoms with Crippen molar-refractivity contribution in [3.8, 4) is 0 Å². The molecule has 1 fully saturated rings. The number of nitrogens with zero attached hydrogens (tertiary/aromatic N) is 1. The third-order valence-corrected chi connectivity index (χ3v) is 5.37. The Balaban J connectivity index is 2.84. The fourth-order valence-electron chi connectivity index (χ4n) is 3.63. The molecule has 0 aromatic rings. The van der Waals surface area contributed by atoms with Crippen LogP contribution in [-0.2, 0) is 4.79 Å². The SMILES string of the molecule is CCC(C)(C)C1CCC(C(=O)O)C(N(C)CC(C)C)C1. The van der Waals surface area contributed by atoms with Crippen molar-refractivity contribution in [2.24, 2.45) is 23.2 Å². The van der Waals surface area contributed by atoms with Crippen LogP contribution in [-0.4, -0.2) is 35.6 Å². The Bertz CT molecular complexity index is 325. The third-order valence-electron chi connectivity index (χ3n) is 5.37. The van der Waals surface area contributed by atoms with Crippen LogP contribution >= 0.6 is 0 Å². The fraction of sp³-hybridized carbons (Fsp3) is 0.941. The van der Waals surface area contributed by atoms with Gasteiger partial charge < -0.3 is 10.0 Å². The summed E-state index contributed by atoms with van der Waals surface area (Å²) in [5.74, 6) is 0.415. The van der Waals surface area contributed by atoms with Gasteiger partial charge in [0.15, 0.2) is 0 Å². The molecule has 0 spiro atoms. The van der Waals surface area contributed by atoms with Crippen LogP contribution in [0.5, 0.6) is 0 Å². The monoisotopic (exact) mass is 283 g/mol. The summed E-state index contributed by atoms with van der Waals surface area (Å²) in [6.45, 7) is 12.3. The predicted octanol–water partition coefficient (Wildman–Crippen LogP) is 3.88. The lowest BCUT2D eigenvalue weighted by molar-refractivity contribution is -0.146. The highest BCUT2D eigenvalue weighted by atomic mass is 16.4. The van der Waals surface area contributed by atoms with Crippen molar-refractivity contribution in [3.63, 3.8) is 0 Å². The van der Waals surface area contributed by atoms with Gasteiger partial charge in [-0.05, 0) is 43.6 Å². The second kappa shape index (κ2) is 6.93. The largest absolute Gasteiger partial charge is 0.481 e. The first-order chi connectivity index (χ1) is 9.19. The normalized spacial score (nSPS) is 28.1. The van der Waals surface area contributed by atoms with Gasteiger partial charge in [-0.15, -0.1) is 0 Å². The minimum atomic E-state index is -0.613. The molecule has 0 aliphatic heterocycles. The van der Waals surface area contributed by atoms with Crippen LogP contribution in [0.25, 0.3) is 0 Å². The predicted molar refractivity (Wildman–Crippen MR) is 83.8 cm³/mol. The average molecular weight is 283 g/mol. The Hall–Kier alpha value is -0.570. The molecule has 3 unspecified atom stereocenters. The lowest BCUT2D eigenvalue weighted by Gasteiger charge is -2.45. The molecule has 1 N–H and O–H groups in total. The van der Waals surface area contributed by atoms with Gasteiger partial charge >= 0.3 is 5.97 Å². The van der Waals surface area contributed by atoms with E-state index in [0.29, 0.717) is 17.3 Å². The first-order valence-corrected chi connectivity index (χ1v) is 8.12. The van der Waals surface area contributed by atoms with Crippen LogP contribution in [0.1, 0.15) is 60.3 Å². The van der Waals surface area contributed by atoms with E-state index >= 15 is 0 Å². The van der Waals surface area contributed by atoms with Gasteiger partial charge in [-0.25, -0.2) is 0 Å². The Labute approximate surface area is 124 Å². The van der Waals surface area contributed by atoms with Gasteiger partial charge in [0.1, 0.15) is 0 Å². The molecule has 20 heavy (non-hydrogen) atoms. The van der Waals surface area contributed by atoms with Gasteiger partial charge in [0.25, 0.3) is 0 Å². The Morgan fingerprint density at radius 2 is 1.95 bits per heavy atom. The molecule has 3 atom stereocenters. The number of carboxylic acid groups (broad SMARTS) is 1. The molecule has 3 heteroatoms. The zero-order valence-corrected chi connectivity index (χ0v) is 14.1. The number of hydrogen-bond donors (Lipinski definition) is 1. The van der Waals surface area contributed by atoms with Crippen LogP contribution in [0, 0.1) is 23.2 Å². The van der Waals surface area contributed by atoms with E-state index in [1.54, 1.807) is 0 Å². The molecule has 0 aromatic heterocycles. The Morgan fingerprint density at radius 3 is 2.40 bits per heavy atom. The van der Waals surface area contributed by atoms with E-state index in [1.807, 2.05) is 0 Å². The third kappa shape index (κ3) is 4.21. The highest BCUT2D eigenvalue weighted by molar-refractivity contribution is 5.71. The summed E-state index contributed by atoms with van der Waals surface area (Å²) < 4.78 is 0. The summed E-state index contributed by atoms with van der Waals surface area (Å²) in [4.78, 5) is 13.8. The fourth-order valence-corrected chi connectivity index (χ4v) is 3.63. The van der Waals surface area contributed by atoms with E-state index in [2.05, 4.69) is 46.6 Å². The first-order valence-electron chi connectivity index (χ1n) is 8.12. The van der Waals surface area contributed by atoms with E-state index in [-0.39, 0.29) is 12.0 Å². The lowest BCUT2D eigenvalue weighted by Crippen LogP contribution is -2.48. The van der Waals surface area contributed by atoms with Gasteiger partial charge in [-0.1, -0.05) is 41.0 Å². The highest BCUT2D eigenvalue weighted by Crippen LogP contribution is 2.43. The molecule has 3 nitrogen and oxygen atoms in total. The molecule has 1 aliphatic rings. The average Bonchev–Trinajstić information content (AvgIpc) is 2.37. The number of rotatable bonds is 6. The summed E-state index contributed by atoms with van der Waals surface area (Å²) in [6.07, 6.45) is 4.08. The minimum Gasteiger partial charge on any atom is -0.481 e. The topological polar surface area (TPSA) is 40.5 Å². The van der Waals surface area contributed by atoms with E-state index in [1.165, 1.54) is 0 Å². The van der Waals surface area contributed by atoms with Crippen LogP contribution in [0.4, 0.5) is 0 Å². The highest BCUT2D eigenvalue weighted by Gasteiger charge is 2.41. The van der Waals surface area contributed by atoms with Crippen molar-refractivity contribution >= 4 is 5.97 Å². The molecular formula is C17H33NO2. The molecule has 118 valence electrons. The molecule has 0 amide bonds. The van der Waals surface area contributed by atoms with Crippen molar-refractivity contribution in [2.45, 2.75) is 66.3 Å². The van der Waals surface area contributed by atoms with Crippen molar-refractivity contribution < 1.29 is 9.90 Å². The maximum absolute atomic E-state index is 11.6. The zero-order chi connectivity index (χ0) is 15.5. The Kier molecular flexibility index (Phi) is 6.06. The summed E-state index contributed by atoms with van der Waals surface area (Å²) in [5.41, 5.74) is 0.320. The zero-order valence-electron chi connectivity index (χ0n) is 14.1. The molecule has 1 rings (SSSR count). The lowest BCUT2D eigenvalue weighted by atomic mass is 9.65. The molecule has 0 radical (unpaired) electrons. The van der Waals surface area contributed by atoms with E-state index < -0.39 is 5.97 Å². The quantitative estimate of drug-likeness (QED) is 0.804. The maximum Gasteiger partial charge on any atom is 0.308 e. The molecule has 1 aliphatic carbocycles. The van der Waals surface area contributed by atoms with E-state index in [0.717, 1.165) is 32.2 Å². The second-order valence-electron chi connectivity index (χ2n) is 7.70. The van der Waals surface area contributed by atoms with Crippen molar-refractivity contribution in [2.75, 3.05) is 13.6 Å². The molecule has 0 aromatic carbocycles. The summed E-state index contributed by atoms with van der Waals surface area (Å²) in [7, 11) is 2.10. The first kappa shape index (κ1) is 17.5. The second-order valence-corrected chi connectivity index (χ2v) is 7.70. The van der Waals surface area contributed by atoms with Crippen LogP contribution in [0.3, 0.4) is 0 Å². The standard InChI is InChI=1S/C17H33NO2/c1-7-17(4,5)13-8-9-14(16(19)20)15(10-13)18(6)11-12(2)3/h12-15H,7-11H2,1-6H3,(H,19,20). The van der Waals surface area contributed by atoms with Crippen molar-refractivity contribution in [1.82, 2.24) is 4.90 Å². The minimum absolute atomic E-state index is 0.192. The smallest absolute Gasteiger partial charge is 0.308 e. The molecule has 0 saturated heterocycles. The number of aliphatic carboxylic acids is 1. The van der Waals surface area contributed by atoms with Crippen LogP contribution in [0.2, 0.25) is 0 Å². The molecule has 0 heterocycles. The summed E-state index contributed by atoms with van der Waals surface area (Å²) in [5, 5.41) is 9.51. The van der Waals surface area contributed by atoms with Crippen molar-refractivity contribution in [3.05, 3.63) is 0 Å². The Morgan fingerprint density at radius 1 is 1.35 bits per heavy atom. The summed E-state index contributed by atoms with van der Waals surface area (Å²) >= 11 is 0. The van der Waals surface area contributed by atoms with Crippen LogP contribution < -0.4 is 0 Å². The number of hydrogen-bond acceptors (Lipinski definition) is 2. The van der Waals surface area contributed by atoms with Gasteiger partial charge in [0.05, 0.1) is 5.92 Å². The molecular weight excluding hydrogens is 250 g/mol. The van der Waals surface area contributed by atoms with Gasteiger partial charge in [-0.2, -0.15) is 0 Å². The number of carboxylic acids is 1. The van der Waals surface area contributed by atoms with Gasteiger partial charge in [0.2, 0.25) is 0 Å². The van der Waals surface area contributed by atoms with E-state index in [4.69, 9.17) is 0 Å². The van der Waals surface area contributed by atoms with E-state index in [9.17, 15) is 9.90 Å². The van der Waals surface area contributed by atoms with Gasteiger partial charge in [0, 0.05) is 12.6 Å². The molecule has 0 bridgehead atoms. The van der Waals surface area contributed by atoms with Gasteiger partial charge in [-0.3, -0.25) is 4.79 Å². The summed E-state index contributed by atoms with van der Waals surface area (Å²) in [6, 6.07) is 0.194. The van der Waals surface area contributed by atoms with Crippen molar-refractivity contribution in [1.29, 1.82) is 0 Å². The number of carbonyl (C=O) groups is 1. The van der Waals surface area contributed by atoms with Crippen LogP contribution in [0.15, 0.2) is 0 Å². The molecule has 1 saturated carbocycles.